The minimum Gasteiger partial charge on any atom is -0.478 e. The van der Waals surface area contributed by atoms with Gasteiger partial charge in [-0.2, -0.15) is 0 Å². The average Bonchev–Trinajstić information content (AvgIpc) is 3.12. The maximum atomic E-state index is 13.7. The topological polar surface area (TPSA) is 73.8 Å². The number of piperazine rings is 2. The zero-order chi connectivity index (χ0) is 37.2. The van der Waals surface area contributed by atoms with E-state index in [-0.39, 0.29) is 0 Å². The molecule has 49 heavy (non-hydrogen) atoms. The summed E-state index contributed by atoms with van der Waals surface area (Å²) in [5.74, 6) is -0.557. The summed E-state index contributed by atoms with van der Waals surface area (Å²) < 4.78 is 15.7. The first-order valence-corrected chi connectivity index (χ1v) is 20.4. The van der Waals surface area contributed by atoms with Gasteiger partial charge in [0, 0.05) is 103 Å². The standard InChI is InChI=1S/C32H54N6O3S.C3H8.2C2H6/c1-6-28(32(39)40)26-31(30(29-12-10-9-11-13-29)27-42(41)38(7-2)8-3)37(24-22-35-18-14-33(4)15-19-35)25-23-36-20-16-34(5)17-21-36;1-3-2;2*1-2/h9-13,26H,6-8,14-25,27H2,1-5H3,(H,39,40);3H2,1-2H3;2*1-2H3/b28-26+,31-30-;;;. The van der Waals surface area contributed by atoms with E-state index in [0.29, 0.717) is 30.8 Å². The molecule has 9 nitrogen and oxygen atoms in total. The number of carbonyl (C=O) groups is 1. The van der Waals surface area contributed by atoms with Crippen molar-refractivity contribution in [3.63, 3.8) is 0 Å². The first kappa shape index (κ1) is 46.9. The van der Waals surface area contributed by atoms with Gasteiger partial charge in [-0.1, -0.05) is 99.1 Å². The molecule has 1 unspecified atom stereocenters. The van der Waals surface area contributed by atoms with Crippen molar-refractivity contribution in [3.05, 3.63) is 53.2 Å². The monoisotopic (exact) mass is 707 g/mol. The van der Waals surface area contributed by atoms with Gasteiger partial charge in [0.05, 0.1) is 16.7 Å². The lowest BCUT2D eigenvalue weighted by molar-refractivity contribution is -0.132. The van der Waals surface area contributed by atoms with Crippen LogP contribution in [0.2, 0.25) is 0 Å². The van der Waals surface area contributed by atoms with Crippen molar-refractivity contribution < 1.29 is 14.1 Å². The van der Waals surface area contributed by atoms with E-state index in [0.717, 1.165) is 95.4 Å². The van der Waals surface area contributed by atoms with Gasteiger partial charge >= 0.3 is 5.97 Å². The van der Waals surface area contributed by atoms with Crippen LogP contribution in [0.5, 0.6) is 0 Å². The number of carboxylic acids is 1. The Hall–Kier alpha value is -2.08. The number of carboxylic acid groups (broad SMARTS) is 1. The van der Waals surface area contributed by atoms with E-state index in [1.807, 2.05) is 77.0 Å². The number of hydrogen-bond acceptors (Lipinski definition) is 7. The molecule has 0 bridgehead atoms. The smallest absolute Gasteiger partial charge is 0.331 e. The van der Waals surface area contributed by atoms with Crippen molar-refractivity contribution in [2.45, 2.75) is 75.2 Å². The molecule has 0 amide bonds. The summed E-state index contributed by atoms with van der Waals surface area (Å²) in [4.78, 5) is 24.5. The molecule has 2 aliphatic rings. The van der Waals surface area contributed by atoms with E-state index in [4.69, 9.17) is 0 Å². The lowest BCUT2D eigenvalue weighted by Crippen LogP contribution is -2.49. The first-order chi connectivity index (χ1) is 23.7. The van der Waals surface area contributed by atoms with Gasteiger partial charge in [0.2, 0.25) is 0 Å². The molecule has 1 aromatic rings. The quantitative estimate of drug-likeness (QED) is 0.164. The molecular weight excluding hydrogens is 633 g/mol. The summed E-state index contributed by atoms with van der Waals surface area (Å²) in [5, 5.41) is 10.1. The fraction of sp³-hybridized carbons (Fsp3) is 0.718. The summed E-state index contributed by atoms with van der Waals surface area (Å²) in [6, 6.07) is 10.1. The van der Waals surface area contributed by atoms with Gasteiger partial charge in [-0.25, -0.2) is 13.3 Å². The van der Waals surface area contributed by atoms with Crippen LogP contribution in [0.1, 0.15) is 80.7 Å². The fourth-order valence-corrected chi connectivity index (χ4v) is 6.86. The number of benzene rings is 1. The third-order valence-electron chi connectivity index (χ3n) is 8.56. The minimum absolute atomic E-state index is 0.341. The van der Waals surface area contributed by atoms with Gasteiger partial charge in [0.1, 0.15) is 0 Å². The number of likely N-dealkylation sites (N-methyl/N-ethyl adjacent to an activating group) is 2. The van der Waals surface area contributed by atoms with Crippen LogP contribution in [0.25, 0.3) is 5.57 Å². The lowest BCUT2D eigenvalue weighted by atomic mass is 10.0. The molecular formula is C39H74N6O3S. The zero-order valence-corrected chi connectivity index (χ0v) is 34.2. The van der Waals surface area contributed by atoms with Crippen LogP contribution >= 0.6 is 0 Å². The number of aliphatic carboxylic acids is 1. The predicted octanol–water partition coefficient (Wildman–Crippen LogP) is 6.09. The van der Waals surface area contributed by atoms with Crippen LogP contribution in [0.4, 0.5) is 0 Å². The number of allylic oxidation sites excluding steroid dienone is 1. The van der Waals surface area contributed by atoms with Crippen LogP contribution in [0, 0.1) is 0 Å². The highest BCUT2D eigenvalue weighted by Gasteiger charge is 2.24. The molecule has 0 radical (unpaired) electrons. The molecule has 2 heterocycles. The van der Waals surface area contributed by atoms with Crippen molar-refractivity contribution in [2.24, 2.45) is 0 Å². The largest absolute Gasteiger partial charge is 0.478 e. The highest BCUT2D eigenvalue weighted by Crippen LogP contribution is 2.27. The summed E-state index contributed by atoms with van der Waals surface area (Å²) in [6.07, 6.45) is 3.54. The lowest BCUT2D eigenvalue weighted by Gasteiger charge is -2.37. The van der Waals surface area contributed by atoms with Gasteiger partial charge in [-0.3, -0.25) is 9.80 Å². The SMILES string of the molecule is CC.CC.CC/C(=C\C(=C(/CS(=O)N(CC)CC)c1ccccc1)N(CCN1CCN(C)CC1)CCN1CCN(C)CC1)C(=O)O.CCC. The van der Waals surface area contributed by atoms with Crippen LogP contribution in [0.3, 0.4) is 0 Å². The van der Waals surface area contributed by atoms with Crippen LogP contribution in [-0.4, -0.2) is 156 Å². The average molecular weight is 707 g/mol. The maximum absolute atomic E-state index is 13.7. The molecule has 10 heteroatoms. The third-order valence-corrected chi connectivity index (χ3v) is 10.2. The van der Waals surface area contributed by atoms with Crippen molar-refractivity contribution in [1.82, 2.24) is 28.8 Å². The molecule has 0 saturated carbocycles. The minimum atomic E-state index is -1.24. The molecule has 1 atom stereocenters. The van der Waals surface area contributed by atoms with E-state index < -0.39 is 17.0 Å². The Morgan fingerprint density at radius 3 is 1.57 bits per heavy atom. The Bertz CT molecular complexity index is 1040. The van der Waals surface area contributed by atoms with E-state index >= 15 is 0 Å². The number of rotatable bonds is 16. The third kappa shape index (κ3) is 18.1. The van der Waals surface area contributed by atoms with Crippen molar-refractivity contribution >= 4 is 22.5 Å². The van der Waals surface area contributed by atoms with Gasteiger partial charge in [-0.15, -0.1) is 0 Å². The first-order valence-electron chi connectivity index (χ1n) is 19.1. The van der Waals surface area contributed by atoms with E-state index in [1.165, 1.54) is 6.42 Å². The summed E-state index contributed by atoms with van der Waals surface area (Å²) in [7, 11) is 3.11. The van der Waals surface area contributed by atoms with E-state index in [1.54, 1.807) is 0 Å². The molecule has 3 rings (SSSR count). The van der Waals surface area contributed by atoms with E-state index in [2.05, 4.69) is 64.6 Å². The highest BCUT2D eigenvalue weighted by atomic mass is 32.2. The molecule has 2 aliphatic heterocycles. The Morgan fingerprint density at radius 1 is 0.776 bits per heavy atom. The van der Waals surface area contributed by atoms with E-state index in [9.17, 15) is 14.1 Å². The molecule has 1 N–H and O–H groups in total. The second-order valence-electron chi connectivity index (χ2n) is 12.1. The molecule has 2 fully saturated rings. The van der Waals surface area contributed by atoms with Crippen LogP contribution in [0.15, 0.2) is 47.7 Å². The Balaban J connectivity index is 0.00000306. The van der Waals surface area contributed by atoms with Crippen LogP contribution < -0.4 is 0 Å². The summed E-state index contributed by atoms with van der Waals surface area (Å²) >= 11 is 0. The van der Waals surface area contributed by atoms with Gasteiger partial charge < -0.3 is 19.8 Å². The fourth-order valence-electron chi connectivity index (χ4n) is 5.54. The van der Waals surface area contributed by atoms with Crippen molar-refractivity contribution in [2.75, 3.05) is 111 Å². The Labute approximate surface area is 304 Å². The molecule has 2 saturated heterocycles. The zero-order valence-electron chi connectivity index (χ0n) is 33.3. The van der Waals surface area contributed by atoms with Crippen molar-refractivity contribution in [1.29, 1.82) is 0 Å². The van der Waals surface area contributed by atoms with Gasteiger partial charge in [0.15, 0.2) is 0 Å². The Morgan fingerprint density at radius 2 is 1.20 bits per heavy atom. The number of nitrogens with zero attached hydrogens (tertiary/aromatic N) is 6. The highest BCUT2D eigenvalue weighted by molar-refractivity contribution is 7.83. The molecule has 0 spiro atoms. The summed E-state index contributed by atoms with van der Waals surface area (Å²) in [6.45, 7) is 31.3. The second kappa shape index (κ2) is 28.6. The Kier molecular flexibility index (Phi) is 27.4. The maximum Gasteiger partial charge on any atom is 0.331 e. The number of hydrogen-bond donors (Lipinski definition) is 1. The molecule has 0 aromatic heterocycles. The molecule has 284 valence electrons. The normalized spacial score (nSPS) is 17.4. The molecule has 1 aromatic carbocycles. The molecule has 0 aliphatic carbocycles. The van der Waals surface area contributed by atoms with Crippen molar-refractivity contribution in [3.8, 4) is 0 Å². The second-order valence-corrected chi connectivity index (χ2v) is 13.6. The van der Waals surface area contributed by atoms with Crippen LogP contribution in [-0.2, 0) is 15.8 Å². The van der Waals surface area contributed by atoms with Gasteiger partial charge in [-0.05, 0) is 37.7 Å². The van der Waals surface area contributed by atoms with Gasteiger partial charge in [0.25, 0.3) is 0 Å². The summed E-state index contributed by atoms with van der Waals surface area (Å²) in [5.41, 5.74) is 3.21. The predicted molar refractivity (Wildman–Crippen MR) is 213 cm³/mol.